The minimum absolute atomic E-state index is 0.0644. The molecular weight excluding hydrogens is 448 g/mol. The predicted molar refractivity (Wildman–Crippen MR) is 127 cm³/mol. The van der Waals surface area contributed by atoms with Crippen molar-refractivity contribution >= 4 is 29.0 Å². The number of methoxy groups -OCH3 is 1. The van der Waals surface area contributed by atoms with E-state index in [0.717, 1.165) is 0 Å². The molecule has 0 saturated carbocycles. The van der Waals surface area contributed by atoms with Crippen molar-refractivity contribution in [3.05, 3.63) is 68.1 Å². The molecule has 3 rings (SSSR count). The second-order valence-corrected chi connectivity index (χ2v) is 8.39. The van der Waals surface area contributed by atoms with Gasteiger partial charge in [-0.15, -0.1) is 0 Å². The Balaban J connectivity index is 2.05. The fourth-order valence-corrected chi connectivity index (χ4v) is 3.60. The number of hydrogen-bond donors (Lipinski definition) is 2. The minimum Gasteiger partial charge on any atom is -0.385 e. The zero-order valence-corrected chi connectivity index (χ0v) is 19.5. The number of aromatic amines is 1. The highest BCUT2D eigenvalue weighted by molar-refractivity contribution is 6.30. The van der Waals surface area contributed by atoms with Crippen LogP contribution < -0.4 is 21.9 Å². The van der Waals surface area contributed by atoms with Crippen molar-refractivity contribution in [1.29, 1.82) is 0 Å². The first-order valence-corrected chi connectivity index (χ1v) is 10.8. The minimum atomic E-state index is -0.731. The predicted octanol–water partition coefficient (Wildman–Crippen LogP) is 2.30. The van der Waals surface area contributed by atoms with Gasteiger partial charge in [-0.05, 0) is 30.5 Å². The molecule has 0 aliphatic carbocycles. The topological polar surface area (TPSA) is 128 Å². The quantitative estimate of drug-likeness (QED) is 0.458. The summed E-state index contributed by atoms with van der Waals surface area (Å²) in [5, 5.41) is 4.78. The van der Waals surface area contributed by atoms with E-state index in [-0.39, 0.29) is 29.5 Å². The lowest BCUT2D eigenvalue weighted by Crippen LogP contribution is -2.42. The van der Waals surface area contributed by atoms with E-state index < -0.39 is 17.2 Å². The van der Waals surface area contributed by atoms with Gasteiger partial charge in [0.2, 0.25) is 0 Å². The zero-order chi connectivity index (χ0) is 24.1. The van der Waals surface area contributed by atoms with E-state index in [2.05, 4.69) is 10.1 Å². The Morgan fingerprint density at radius 2 is 2.09 bits per heavy atom. The van der Waals surface area contributed by atoms with Crippen LogP contribution >= 0.6 is 11.6 Å². The summed E-state index contributed by atoms with van der Waals surface area (Å²) in [6, 6.07) is 7.02. The van der Waals surface area contributed by atoms with E-state index in [0.29, 0.717) is 30.3 Å². The number of aromatic nitrogens is 4. The van der Waals surface area contributed by atoms with Crippen LogP contribution in [0.15, 0.2) is 46.2 Å². The van der Waals surface area contributed by atoms with Gasteiger partial charge in [0.05, 0.1) is 17.4 Å². The highest BCUT2D eigenvalue weighted by atomic mass is 35.5. The van der Waals surface area contributed by atoms with Crippen molar-refractivity contribution in [2.45, 2.75) is 26.8 Å². The number of nitrogens with zero attached hydrogens (tertiary/aromatic N) is 4. The largest absolute Gasteiger partial charge is 0.385 e. The average Bonchev–Trinajstić information content (AvgIpc) is 3.25. The third kappa shape index (κ3) is 5.52. The number of rotatable bonds is 9. The number of amides is 1. The number of halogens is 1. The van der Waals surface area contributed by atoms with Crippen molar-refractivity contribution in [2.75, 3.05) is 30.9 Å². The Morgan fingerprint density at radius 1 is 1.33 bits per heavy atom. The second-order valence-electron chi connectivity index (χ2n) is 7.95. The molecule has 2 aromatic heterocycles. The molecule has 0 saturated heterocycles. The number of carbonyl (C=O) groups excluding carboxylic acids is 1. The highest BCUT2D eigenvalue weighted by Gasteiger charge is 2.26. The SMILES string of the molecule is COCCCN(C(=O)c1cnn(-c2cccc(Cl)c2)c1)c1c(N)n(CC(C)C)c(=O)[nH]c1=O. The Bertz CT molecular complexity index is 1250. The summed E-state index contributed by atoms with van der Waals surface area (Å²) in [4.78, 5) is 42.1. The molecule has 0 aliphatic heterocycles. The van der Waals surface area contributed by atoms with Gasteiger partial charge < -0.3 is 15.4 Å². The van der Waals surface area contributed by atoms with Crippen molar-refractivity contribution in [3.63, 3.8) is 0 Å². The van der Waals surface area contributed by atoms with Gasteiger partial charge in [-0.1, -0.05) is 31.5 Å². The van der Waals surface area contributed by atoms with Crippen LogP contribution in [-0.2, 0) is 11.3 Å². The summed E-state index contributed by atoms with van der Waals surface area (Å²) < 4.78 is 7.89. The van der Waals surface area contributed by atoms with Crippen LogP contribution in [0.1, 0.15) is 30.6 Å². The van der Waals surface area contributed by atoms with E-state index in [9.17, 15) is 14.4 Å². The smallest absolute Gasteiger partial charge is 0.330 e. The van der Waals surface area contributed by atoms with Crippen LogP contribution in [0.25, 0.3) is 5.69 Å². The molecule has 2 heterocycles. The number of nitrogens with one attached hydrogen (secondary N) is 1. The molecule has 3 N–H and O–H groups in total. The molecule has 1 amide bonds. The molecule has 11 heteroatoms. The summed E-state index contributed by atoms with van der Waals surface area (Å²) >= 11 is 6.06. The fourth-order valence-electron chi connectivity index (χ4n) is 3.42. The summed E-state index contributed by atoms with van der Waals surface area (Å²) in [5.41, 5.74) is 5.74. The molecule has 3 aromatic rings. The van der Waals surface area contributed by atoms with Gasteiger partial charge in [0.15, 0.2) is 5.69 Å². The van der Waals surface area contributed by atoms with E-state index in [1.807, 2.05) is 13.8 Å². The fraction of sp³-hybridized carbons (Fsp3) is 0.364. The normalized spacial score (nSPS) is 11.2. The lowest BCUT2D eigenvalue weighted by Gasteiger charge is -2.24. The van der Waals surface area contributed by atoms with Crippen LogP contribution in [0.2, 0.25) is 5.02 Å². The van der Waals surface area contributed by atoms with Crippen LogP contribution in [-0.4, -0.2) is 45.5 Å². The molecule has 0 atom stereocenters. The summed E-state index contributed by atoms with van der Waals surface area (Å²) in [5.74, 6) is -0.450. The molecule has 1 aromatic carbocycles. The van der Waals surface area contributed by atoms with Gasteiger partial charge in [0, 0.05) is 38.0 Å². The Morgan fingerprint density at radius 3 is 2.76 bits per heavy atom. The summed E-state index contributed by atoms with van der Waals surface area (Å²) in [6.07, 6.45) is 3.40. The number of H-pyrrole nitrogens is 1. The lowest BCUT2D eigenvalue weighted by atomic mass is 10.2. The van der Waals surface area contributed by atoms with Crippen molar-refractivity contribution in [3.8, 4) is 5.69 Å². The maximum Gasteiger partial charge on any atom is 0.330 e. The maximum atomic E-state index is 13.5. The number of nitrogens with two attached hydrogens (primary N) is 1. The third-order valence-electron chi connectivity index (χ3n) is 4.91. The van der Waals surface area contributed by atoms with Gasteiger partial charge in [0.1, 0.15) is 5.82 Å². The van der Waals surface area contributed by atoms with Crippen molar-refractivity contribution < 1.29 is 9.53 Å². The van der Waals surface area contributed by atoms with E-state index in [1.54, 1.807) is 37.6 Å². The average molecular weight is 475 g/mol. The van der Waals surface area contributed by atoms with E-state index in [1.165, 1.54) is 20.3 Å². The van der Waals surface area contributed by atoms with Crippen LogP contribution in [0.3, 0.4) is 0 Å². The molecule has 176 valence electrons. The molecule has 10 nitrogen and oxygen atoms in total. The van der Waals surface area contributed by atoms with E-state index in [4.69, 9.17) is 22.1 Å². The Kier molecular flexibility index (Phi) is 7.72. The number of anilines is 2. The third-order valence-corrected chi connectivity index (χ3v) is 5.14. The molecule has 33 heavy (non-hydrogen) atoms. The Hall–Kier alpha value is -3.37. The molecule has 0 aliphatic rings. The molecule has 0 fully saturated rings. The number of nitrogen functional groups attached to an aromatic ring is 1. The standard InChI is InChI=1S/C22H27ClN6O4/c1-14(2)12-28-19(24)18(20(30)26-22(28)32)27(8-5-9-33-3)21(31)15-11-25-29(13-15)17-7-4-6-16(23)10-17/h4,6-7,10-11,13-14H,5,8-9,12,24H2,1-3H3,(H,26,30,32). The van der Waals surface area contributed by atoms with Gasteiger partial charge in [-0.3, -0.25) is 19.1 Å². The monoisotopic (exact) mass is 474 g/mol. The molecule has 0 bridgehead atoms. The maximum absolute atomic E-state index is 13.5. The number of hydrogen-bond acceptors (Lipinski definition) is 6. The second kappa shape index (κ2) is 10.5. The van der Waals surface area contributed by atoms with Gasteiger partial charge in [-0.2, -0.15) is 5.10 Å². The van der Waals surface area contributed by atoms with Crippen LogP contribution in [0.5, 0.6) is 0 Å². The van der Waals surface area contributed by atoms with Gasteiger partial charge >= 0.3 is 5.69 Å². The summed E-state index contributed by atoms with van der Waals surface area (Å²) in [6.45, 7) is 4.66. The van der Waals surface area contributed by atoms with Gasteiger partial charge in [-0.25, -0.2) is 9.48 Å². The molecule has 0 unspecified atom stereocenters. The first kappa shape index (κ1) is 24.3. The van der Waals surface area contributed by atoms with Crippen LogP contribution in [0, 0.1) is 5.92 Å². The summed E-state index contributed by atoms with van der Waals surface area (Å²) in [7, 11) is 1.55. The van der Waals surface area contributed by atoms with E-state index >= 15 is 0 Å². The number of carbonyl (C=O) groups is 1. The Labute approximate surface area is 195 Å². The lowest BCUT2D eigenvalue weighted by molar-refractivity contribution is 0.0983. The molecular formula is C22H27ClN6O4. The molecule has 0 spiro atoms. The number of ether oxygens (including phenoxy) is 1. The van der Waals surface area contributed by atoms with Crippen LogP contribution in [0.4, 0.5) is 11.5 Å². The van der Waals surface area contributed by atoms with Gasteiger partial charge in [0.25, 0.3) is 11.5 Å². The van der Waals surface area contributed by atoms with Crippen molar-refractivity contribution in [1.82, 2.24) is 19.3 Å². The number of benzene rings is 1. The molecule has 0 radical (unpaired) electrons. The zero-order valence-electron chi connectivity index (χ0n) is 18.7. The first-order valence-electron chi connectivity index (χ1n) is 10.5. The first-order chi connectivity index (χ1) is 15.7. The highest BCUT2D eigenvalue weighted by Crippen LogP contribution is 2.21. The van der Waals surface area contributed by atoms with Crippen molar-refractivity contribution in [2.24, 2.45) is 5.92 Å².